The predicted molar refractivity (Wildman–Crippen MR) is 89.2 cm³/mol. The highest BCUT2D eigenvalue weighted by molar-refractivity contribution is 6.02. The summed E-state index contributed by atoms with van der Waals surface area (Å²) in [6.07, 6.45) is 3.41. The second kappa shape index (κ2) is 6.56. The van der Waals surface area contributed by atoms with E-state index in [9.17, 15) is 9.18 Å². The van der Waals surface area contributed by atoms with E-state index in [1.54, 1.807) is 12.1 Å². The van der Waals surface area contributed by atoms with E-state index < -0.39 is 0 Å². The van der Waals surface area contributed by atoms with E-state index in [1.807, 2.05) is 0 Å². The van der Waals surface area contributed by atoms with Crippen LogP contribution in [0.5, 0.6) is 0 Å². The van der Waals surface area contributed by atoms with Gasteiger partial charge in [0.1, 0.15) is 23.5 Å². The van der Waals surface area contributed by atoms with Crippen LogP contribution in [0.3, 0.4) is 0 Å². The first-order chi connectivity index (χ1) is 12.2. The number of carbonyl (C=O) groups is 1. The first-order valence-electron chi connectivity index (χ1n) is 8.17. The molecule has 0 radical (unpaired) electrons. The quantitative estimate of drug-likeness (QED) is 0.674. The molecule has 25 heavy (non-hydrogen) atoms. The molecule has 0 aliphatic carbocycles. The molecule has 3 N–H and O–H groups in total. The van der Waals surface area contributed by atoms with E-state index in [-0.39, 0.29) is 30.0 Å². The third-order valence-corrected chi connectivity index (χ3v) is 4.25. The van der Waals surface area contributed by atoms with E-state index in [0.717, 1.165) is 25.2 Å². The number of H-pyrrole nitrogens is 1. The zero-order chi connectivity index (χ0) is 17.2. The topological polar surface area (TPSA) is 95.6 Å². The van der Waals surface area contributed by atoms with Crippen LogP contribution in [0.15, 0.2) is 30.6 Å². The molecule has 0 unspecified atom stereocenters. The molecule has 0 bridgehead atoms. The van der Waals surface area contributed by atoms with Crippen LogP contribution in [0.2, 0.25) is 0 Å². The van der Waals surface area contributed by atoms with Gasteiger partial charge in [-0.2, -0.15) is 0 Å². The van der Waals surface area contributed by atoms with Crippen LogP contribution in [0.4, 0.5) is 4.39 Å². The Kier molecular flexibility index (Phi) is 4.10. The van der Waals surface area contributed by atoms with Crippen LogP contribution in [-0.2, 0) is 6.54 Å². The fraction of sp³-hybridized carbons (Fsp3) is 0.294. The predicted octanol–water partition coefficient (Wildman–Crippen LogP) is 1.85. The van der Waals surface area contributed by atoms with E-state index in [1.165, 1.54) is 18.5 Å². The number of amides is 1. The van der Waals surface area contributed by atoms with E-state index in [0.29, 0.717) is 16.7 Å². The number of carbonyl (C=O) groups excluding carboxylic acids is 1. The Morgan fingerprint density at radius 3 is 3.08 bits per heavy atom. The molecule has 1 fully saturated rings. The third-order valence-electron chi connectivity index (χ3n) is 4.25. The summed E-state index contributed by atoms with van der Waals surface area (Å²) in [6, 6.07) is 6.25. The summed E-state index contributed by atoms with van der Waals surface area (Å²) < 4.78 is 13.2. The molecular weight excluding hydrogens is 323 g/mol. The van der Waals surface area contributed by atoms with Gasteiger partial charge in [-0.25, -0.2) is 19.3 Å². The lowest BCUT2D eigenvalue weighted by Crippen LogP contribution is -2.24. The molecular formula is C17H17FN6O. The van der Waals surface area contributed by atoms with E-state index >= 15 is 0 Å². The minimum Gasteiger partial charge on any atom is -0.347 e. The second-order valence-corrected chi connectivity index (χ2v) is 6.00. The number of hydrogen-bond donors (Lipinski definition) is 3. The van der Waals surface area contributed by atoms with Crippen LogP contribution in [-0.4, -0.2) is 32.4 Å². The van der Waals surface area contributed by atoms with Crippen molar-refractivity contribution in [3.05, 3.63) is 53.5 Å². The summed E-state index contributed by atoms with van der Waals surface area (Å²) >= 11 is 0. The highest BCUT2D eigenvalue weighted by Gasteiger charge is 2.22. The van der Waals surface area contributed by atoms with Crippen molar-refractivity contribution in [2.75, 3.05) is 6.54 Å². The average molecular weight is 340 g/mol. The fourth-order valence-electron chi connectivity index (χ4n) is 3.01. The maximum absolute atomic E-state index is 13.2. The number of nitrogens with one attached hydrogen (secondary N) is 3. The Balaban J connectivity index is 1.56. The summed E-state index contributed by atoms with van der Waals surface area (Å²) in [6.45, 7) is 1.17. The average Bonchev–Trinajstić information content (AvgIpc) is 3.28. The molecule has 3 aromatic rings. The monoisotopic (exact) mass is 340 g/mol. The number of halogens is 1. The van der Waals surface area contributed by atoms with Crippen LogP contribution < -0.4 is 10.6 Å². The minimum atomic E-state index is -0.355. The van der Waals surface area contributed by atoms with Gasteiger partial charge in [0.2, 0.25) is 0 Å². The van der Waals surface area contributed by atoms with Gasteiger partial charge in [0.25, 0.3) is 5.91 Å². The molecule has 1 aromatic carbocycles. The number of rotatable bonds is 4. The molecule has 2 aromatic heterocycles. The first-order valence-corrected chi connectivity index (χ1v) is 8.17. The van der Waals surface area contributed by atoms with Crippen molar-refractivity contribution < 1.29 is 9.18 Å². The first kappa shape index (κ1) is 15.6. The van der Waals surface area contributed by atoms with Gasteiger partial charge in [0.15, 0.2) is 11.3 Å². The molecule has 3 heterocycles. The smallest absolute Gasteiger partial charge is 0.272 e. The van der Waals surface area contributed by atoms with Gasteiger partial charge in [0, 0.05) is 6.54 Å². The summed E-state index contributed by atoms with van der Waals surface area (Å²) in [5.41, 5.74) is 1.90. The number of benzene rings is 1. The lowest BCUT2D eigenvalue weighted by molar-refractivity contribution is 0.0947. The highest BCUT2D eigenvalue weighted by Crippen LogP contribution is 2.23. The van der Waals surface area contributed by atoms with Crippen LogP contribution in [0.1, 0.15) is 40.8 Å². The number of aromatic nitrogens is 4. The molecule has 0 spiro atoms. The maximum Gasteiger partial charge on any atom is 0.272 e. The van der Waals surface area contributed by atoms with Crippen LogP contribution in [0, 0.1) is 5.82 Å². The van der Waals surface area contributed by atoms with E-state index in [4.69, 9.17) is 0 Å². The van der Waals surface area contributed by atoms with Crippen molar-refractivity contribution in [3.63, 3.8) is 0 Å². The van der Waals surface area contributed by atoms with Crippen molar-refractivity contribution >= 4 is 17.1 Å². The molecule has 8 heteroatoms. The van der Waals surface area contributed by atoms with Crippen molar-refractivity contribution in [1.29, 1.82) is 0 Å². The largest absolute Gasteiger partial charge is 0.347 e. The van der Waals surface area contributed by atoms with Gasteiger partial charge in [-0.3, -0.25) is 4.79 Å². The lowest BCUT2D eigenvalue weighted by atomic mass is 10.2. The Bertz CT molecular complexity index is 918. The van der Waals surface area contributed by atoms with Gasteiger partial charge >= 0.3 is 0 Å². The molecule has 7 nitrogen and oxygen atoms in total. The Morgan fingerprint density at radius 1 is 1.36 bits per heavy atom. The second-order valence-electron chi connectivity index (χ2n) is 6.00. The van der Waals surface area contributed by atoms with Crippen LogP contribution >= 0.6 is 0 Å². The molecule has 1 amide bonds. The van der Waals surface area contributed by atoms with Crippen molar-refractivity contribution in [2.45, 2.75) is 25.4 Å². The number of hydrogen-bond acceptors (Lipinski definition) is 5. The zero-order valence-electron chi connectivity index (χ0n) is 13.4. The number of nitrogens with zero attached hydrogens (tertiary/aromatic N) is 3. The van der Waals surface area contributed by atoms with Gasteiger partial charge < -0.3 is 15.6 Å². The van der Waals surface area contributed by atoms with Gasteiger partial charge in [-0.1, -0.05) is 12.1 Å². The number of imidazole rings is 1. The Morgan fingerprint density at radius 2 is 2.28 bits per heavy atom. The Labute approximate surface area is 143 Å². The number of fused-ring (bicyclic) bond motifs is 1. The molecule has 1 saturated heterocycles. The zero-order valence-corrected chi connectivity index (χ0v) is 13.4. The van der Waals surface area contributed by atoms with E-state index in [2.05, 4.69) is 30.6 Å². The van der Waals surface area contributed by atoms with Crippen molar-refractivity contribution in [3.8, 4) is 0 Å². The van der Waals surface area contributed by atoms with Gasteiger partial charge in [-0.15, -0.1) is 0 Å². The lowest BCUT2D eigenvalue weighted by Gasteiger charge is -2.06. The number of aromatic amines is 1. The molecule has 128 valence electrons. The SMILES string of the molecule is O=C(NCc1cccc(F)c1)c1ncnc2nc([C@H]3CCCN3)[nH]c12. The molecule has 4 rings (SSSR count). The summed E-state index contributed by atoms with van der Waals surface area (Å²) in [5.74, 6) is 0.0804. The van der Waals surface area contributed by atoms with Gasteiger partial charge in [-0.05, 0) is 37.1 Å². The highest BCUT2D eigenvalue weighted by atomic mass is 19.1. The Hall–Kier alpha value is -2.87. The standard InChI is InChI=1S/C17H17FN6O/c18-11-4-1-3-10(7-11)8-20-17(25)14-13-16(22-9-21-14)24-15(23-13)12-5-2-6-19-12/h1,3-4,7,9,12,19H,2,5-6,8H2,(H,20,25)(H,21,22,23,24)/t12-/m1/s1. The fourth-order valence-corrected chi connectivity index (χ4v) is 3.01. The summed E-state index contributed by atoms with van der Waals surface area (Å²) in [4.78, 5) is 28.4. The van der Waals surface area contributed by atoms with Gasteiger partial charge in [0.05, 0.1) is 6.04 Å². The molecule has 1 atom stereocenters. The molecule has 1 aliphatic rings. The third kappa shape index (κ3) is 3.20. The summed E-state index contributed by atoms with van der Waals surface area (Å²) in [7, 11) is 0. The van der Waals surface area contributed by atoms with Crippen LogP contribution in [0.25, 0.3) is 11.2 Å². The van der Waals surface area contributed by atoms with Crippen molar-refractivity contribution in [1.82, 2.24) is 30.6 Å². The minimum absolute atomic E-state index is 0.150. The molecule has 0 saturated carbocycles. The normalized spacial score (nSPS) is 17.1. The molecule has 1 aliphatic heterocycles. The van der Waals surface area contributed by atoms with Crippen molar-refractivity contribution in [2.24, 2.45) is 0 Å². The maximum atomic E-state index is 13.2. The summed E-state index contributed by atoms with van der Waals surface area (Å²) in [5, 5.41) is 6.11.